The largest absolute Gasteiger partial charge is 0.324 e. The van der Waals surface area contributed by atoms with Crippen LogP contribution in [-0.4, -0.2) is 36.0 Å². The second kappa shape index (κ2) is 9.52. The van der Waals surface area contributed by atoms with E-state index in [-0.39, 0.29) is 34.7 Å². The van der Waals surface area contributed by atoms with Gasteiger partial charge in [-0.1, -0.05) is 24.7 Å². The van der Waals surface area contributed by atoms with E-state index in [0.717, 1.165) is 43.9 Å². The Bertz CT molecular complexity index is 411. The lowest BCUT2D eigenvalue weighted by Crippen LogP contribution is -2.44. The number of thiophene rings is 1. The normalized spacial score (nSPS) is 16.9. The minimum absolute atomic E-state index is 0. The zero-order valence-corrected chi connectivity index (χ0v) is 13.9. The number of nitro groups is 1. The van der Waals surface area contributed by atoms with Crippen LogP contribution in [0.2, 0.25) is 0 Å². The summed E-state index contributed by atoms with van der Waals surface area (Å²) in [5.41, 5.74) is 0. The first kappa shape index (κ1) is 19.6. The lowest BCUT2D eigenvalue weighted by molar-refractivity contribution is -0.380. The van der Waals surface area contributed by atoms with E-state index in [4.69, 9.17) is 0 Å². The van der Waals surface area contributed by atoms with Crippen molar-refractivity contribution in [1.29, 1.82) is 0 Å². The molecule has 1 aromatic rings. The van der Waals surface area contributed by atoms with E-state index in [1.54, 1.807) is 6.07 Å². The molecule has 2 heterocycles. The van der Waals surface area contributed by atoms with Crippen molar-refractivity contribution >= 4 is 41.2 Å². The SMILES string of the molecule is CCC[C@@H](c1ccc([N+](=O)[O-])s1)N1CCNCC1.Cl.Cl. The molecule has 20 heavy (non-hydrogen) atoms. The first-order valence-electron chi connectivity index (χ1n) is 6.41. The number of hydrogen-bond acceptors (Lipinski definition) is 5. The first-order valence-corrected chi connectivity index (χ1v) is 7.23. The Kier molecular flexibility index (Phi) is 9.33. The second-order valence-electron chi connectivity index (χ2n) is 4.52. The van der Waals surface area contributed by atoms with E-state index in [9.17, 15) is 10.1 Å². The highest BCUT2D eigenvalue weighted by Crippen LogP contribution is 2.34. The van der Waals surface area contributed by atoms with Gasteiger partial charge >= 0.3 is 5.00 Å². The van der Waals surface area contributed by atoms with Crippen LogP contribution in [0.5, 0.6) is 0 Å². The molecule has 0 radical (unpaired) electrons. The third-order valence-corrected chi connectivity index (χ3v) is 4.41. The van der Waals surface area contributed by atoms with Crippen LogP contribution in [0, 0.1) is 10.1 Å². The predicted octanol–water partition coefficient (Wildman–Crippen LogP) is 3.25. The zero-order chi connectivity index (χ0) is 13.0. The predicted molar refractivity (Wildman–Crippen MR) is 87.6 cm³/mol. The van der Waals surface area contributed by atoms with Gasteiger partial charge in [0.25, 0.3) is 0 Å². The van der Waals surface area contributed by atoms with Crippen LogP contribution in [0.4, 0.5) is 5.00 Å². The van der Waals surface area contributed by atoms with Crippen molar-refractivity contribution in [2.24, 2.45) is 0 Å². The molecule has 1 fully saturated rings. The summed E-state index contributed by atoms with van der Waals surface area (Å²) in [7, 11) is 0. The fraction of sp³-hybridized carbons (Fsp3) is 0.667. The van der Waals surface area contributed by atoms with Gasteiger partial charge in [-0.15, -0.1) is 24.8 Å². The average Bonchev–Trinajstić information content (AvgIpc) is 2.86. The molecule has 1 saturated heterocycles. The number of halogens is 2. The number of nitrogens with one attached hydrogen (secondary N) is 1. The Morgan fingerprint density at radius 2 is 2.05 bits per heavy atom. The summed E-state index contributed by atoms with van der Waals surface area (Å²) in [6.07, 6.45) is 2.16. The van der Waals surface area contributed by atoms with Crippen LogP contribution in [0.15, 0.2) is 12.1 Å². The number of piperazine rings is 1. The molecule has 8 heteroatoms. The maximum Gasteiger partial charge on any atom is 0.324 e. The summed E-state index contributed by atoms with van der Waals surface area (Å²) in [6.45, 7) is 6.23. The molecule has 0 aromatic carbocycles. The average molecular weight is 342 g/mol. The molecule has 0 amide bonds. The van der Waals surface area contributed by atoms with Crippen molar-refractivity contribution in [2.75, 3.05) is 26.2 Å². The quantitative estimate of drug-likeness (QED) is 0.659. The minimum atomic E-state index is -0.297. The molecule has 0 aliphatic carbocycles. The molecule has 0 spiro atoms. The van der Waals surface area contributed by atoms with Crippen LogP contribution >= 0.6 is 36.2 Å². The fourth-order valence-electron chi connectivity index (χ4n) is 2.39. The monoisotopic (exact) mass is 341 g/mol. The van der Waals surface area contributed by atoms with Gasteiger partial charge in [0.15, 0.2) is 0 Å². The Morgan fingerprint density at radius 3 is 2.55 bits per heavy atom. The van der Waals surface area contributed by atoms with Gasteiger partial charge in [0, 0.05) is 43.2 Å². The van der Waals surface area contributed by atoms with Gasteiger partial charge in [-0.3, -0.25) is 15.0 Å². The molecule has 1 aliphatic rings. The second-order valence-corrected chi connectivity index (χ2v) is 5.62. The molecule has 0 bridgehead atoms. The third-order valence-electron chi connectivity index (χ3n) is 3.28. The van der Waals surface area contributed by atoms with Crippen LogP contribution in [0.1, 0.15) is 30.7 Å². The first-order chi connectivity index (χ1) is 8.72. The summed E-state index contributed by atoms with van der Waals surface area (Å²) in [6, 6.07) is 3.89. The summed E-state index contributed by atoms with van der Waals surface area (Å²) < 4.78 is 0. The van der Waals surface area contributed by atoms with Gasteiger partial charge in [0.2, 0.25) is 0 Å². The Morgan fingerprint density at radius 1 is 1.40 bits per heavy atom. The van der Waals surface area contributed by atoms with Gasteiger partial charge in [-0.2, -0.15) is 0 Å². The summed E-state index contributed by atoms with van der Waals surface area (Å²) in [4.78, 5) is 14.0. The highest BCUT2D eigenvalue weighted by Gasteiger charge is 2.24. The van der Waals surface area contributed by atoms with Gasteiger partial charge in [0.1, 0.15) is 0 Å². The third kappa shape index (κ3) is 4.86. The fourth-order valence-corrected chi connectivity index (χ4v) is 3.38. The number of hydrogen-bond donors (Lipinski definition) is 1. The van der Waals surface area contributed by atoms with E-state index < -0.39 is 0 Å². The van der Waals surface area contributed by atoms with E-state index >= 15 is 0 Å². The zero-order valence-electron chi connectivity index (χ0n) is 11.4. The van der Waals surface area contributed by atoms with Crippen molar-refractivity contribution in [2.45, 2.75) is 25.8 Å². The molecule has 1 atom stereocenters. The van der Waals surface area contributed by atoms with Gasteiger partial charge in [-0.05, 0) is 12.5 Å². The molecule has 1 aliphatic heterocycles. The lowest BCUT2D eigenvalue weighted by atomic mass is 10.1. The molecule has 1 N–H and O–H groups in total. The van der Waals surface area contributed by atoms with Gasteiger partial charge in [0.05, 0.1) is 4.92 Å². The summed E-state index contributed by atoms with van der Waals surface area (Å²) in [5, 5.41) is 14.4. The molecule has 0 unspecified atom stereocenters. The Labute approximate surface area is 135 Å². The van der Waals surface area contributed by atoms with E-state index in [1.165, 1.54) is 11.3 Å². The molecule has 116 valence electrons. The Hall–Kier alpha value is -0.400. The summed E-state index contributed by atoms with van der Waals surface area (Å²) in [5.74, 6) is 0. The smallest absolute Gasteiger partial charge is 0.314 e. The van der Waals surface area contributed by atoms with Crippen molar-refractivity contribution < 1.29 is 4.92 Å². The maximum absolute atomic E-state index is 10.8. The Balaban J connectivity index is 0.00000180. The standard InChI is InChI=1S/C12H19N3O2S.2ClH/c1-2-3-10(14-8-6-13-7-9-14)11-4-5-12(18-11)15(16)17;;/h4-5,10,13H,2-3,6-9H2,1H3;2*1H/t10-;;/m0../s1. The maximum atomic E-state index is 10.8. The number of nitrogens with zero attached hydrogens (tertiary/aromatic N) is 2. The topological polar surface area (TPSA) is 58.4 Å². The molecule has 1 aromatic heterocycles. The van der Waals surface area contributed by atoms with Crippen LogP contribution < -0.4 is 5.32 Å². The molecule has 2 rings (SSSR count). The summed E-state index contributed by atoms with van der Waals surface area (Å²) >= 11 is 1.32. The highest BCUT2D eigenvalue weighted by atomic mass is 35.5. The molecular formula is C12H21Cl2N3O2S. The van der Waals surface area contributed by atoms with Crippen LogP contribution in [-0.2, 0) is 0 Å². The van der Waals surface area contributed by atoms with Crippen LogP contribution in [0.25, 0.3) is 0 Å². The van der Waals surface area contributed by atoms with Crippen molar-refractivity contribution in [3.05, 3.63) is 27.1 Å². The lowest BCUT2D eigenvalue weighted by Gasteiger charge is -2.34. The van der Waals surface area contributed by atoms with E-state index in [0.29, 0.717) is 6.04 Å². The van der Waals surface area contributed by atoms with Crippen molar-refractivity contribution in [3.63, 3.8) is 0 Å². The van der Waals surface area contributed by atoms with Gasteiger partial charge < -0.3 is 5.32 Å². The molecule has 5 nitrogen and oxygen atoms in total. The van der Waals surface area contributed by atoms with Crippen molar-refractivity contribution in [3.8, 4) is 0 Å². The van der Waals surface area contributed by atoms with Gasteiger partial charge in [-0.25, -0.2) is 0 Å². The molecule has 0 saturated carbocycles. The number of rotatable bonds is 5. The van der Waals surface area contributed by atoms with E-state index in [2.05, 4.69) is 17.1 Å². The van der Waals surface area contributed by atoms with Crippen molar-refractivity contribution in [1.82, 2.24) is 10.2 Å². The van der Waals surface area contributed by atoms with E-state index in [1.807, 2.05) is 6.07 Å². The van der Waals surface area contributed by atoms with Crippen LogP contribution in [0.3, 0.4) is 0 Å². The highest BCUT2D eigenvalue weighted by molar-refractivity contribution is 7.15. The molecular weight excluding hydrogens is 321 g/mol. The minimum Gasteiger partial charge on any atom is -0.314 e.